The highest BCUT2D eigenvalue weighted by molar-refractivity contribution is 5.94. The van der Waals surface area contributed by atoms with Crippen LogP contribution in [0.3, 0.4) is 0 Å². The Kier molecular flexibility index (Phi) is 16.7. The lowest BCUT2D eigenvalue weighted by molar-refractivity contribution is -0.143. The SMILES string of the molecule is CCCCCCCCN(C(=O)C(CC(N)=O)NC(=O)OC(C)(C)C)C(C(=O)NCCCCC)c1ccc(CC)cc1. The molecule has 0 spiro atoms. The summed E-state index contributed by atoms with van der Waals surface area (Å²) in [5.74, 6) is -1.58. The third-order valence-electron chi connectivity index (χ3n) is 6.77. The first kappa shape index (κ1) is 35.9. The number of ether oxygens (including phenoxy) is 1. The van der Waals surface area contributed by atoms with Gasteiger partial charge in [-0.15, -0.1) is 0 Å². The van der Waals surface area contributed by atoms with E-state index in [-0.39, 0.29) is 5.91 Å². The number of carbonyl (C=O) groups is 4. The van der Waals surface area contributed by atoms with Crippen molar-refractivity contribution in [2.45, 2.75) is 130 Å². The molecule has 0 radical (unpaired) electrons. The number of hydrogen-bond donors (Lipinski definition) is 3. The number of nitrogens with one attached hydrogen (secondary N) is 2. The van der Waals surface area contributed by atoms with E-state index >= 15 is 0 Å². The largest absolute Gasteiger partial charge is 0.444 e. The molecule has 232 valence electrons. The summed E-state index contributed by atoms with van der Waals surface area (Å²) in [7, 11) is 0. The van der Waals surface area contributed by atoms with E-state index in [9.17, 15) is 19.2 Å². The van der Waals surface area contributed by atoms with Crippen molar-refractivity contribution in [1.29, 1.82) is 0 Å². The molecule has 4 N–H and O–H groups in total. The molecular formula is C32H54N4O5. The Hall–Kier alpha value is -3.10. The molecule has 0 aromatic heterocycles. The quantitative estimate of drug-likeness (QED) is 0.186. The maximum atomic E-state index is 14.1. The first-order chi connectivity index (χ1) is 19.4. The monoisotopic (exact) mass is 574 g/mol. The van der Waals surface area contributed by atoms with Gasteiger partial charge < -0.3 is 26.0 Å². The van der Waals surface area contributed by atoms with Gasteiger partial charge >= 0.3 is 6.09 Å². The first-order valence-corrected chi connectivity index (χ1v) is 15.4. The smallest absolute Gasteiger partial charge is 0.408 e. The average molecular weight is 575 g/mol. The minimum atomic E-state index is -1.27. The zero-order valence-corrected chi connectivity index (χ0v) is 26.2. The number of nitrogens with two attached hydrogens (primary N) is 1. The van der Waals surface area contributed by atoms with E-state index in [4.69, 9.17) is 10.5 Å². The normalized spacial score (nSPS) is 12.7. The van der Waals surface area contributed by atoms with Crippen molar-refractivity contribution >= 4 is 23.8 Å². The van der Waals surface area contributed by atoms with Gasteiger partial charge in [0.05, 0.1) is 6.42 Å². The number of benzene rings is 1. The number of rotatable bonds is 19. The summed E-state index contributed by atoms with van der Waals surface area (Å²) < 4.78 is 5.36. The highest BCUT2D eigenvalue weighted by Gasteiger charge is 2.36. The summed E-state index contributed by atoms with van der Waals surface area (Å²) in [5.41, 5.74) is 6.48. The van der Waals surface area contributed by atoms with E-state index in [2.05, 4.69) is 31.4 Å². The molecule has 0 aliphatic heterocycles. The third-order valence-corrected chi connectivity index (χ3v) is 6.77. The molecule has 0 aliphatic carbocycles. The Bertz CT molecular complexity index is 942. The van der Waals surface area contributed by atoms with E-state index in [1.807, 2.05) is 24.3 Å². The molecule has 9 nitrogen and oxygen atoms in total. The number of nitrogens with zero attached hydrogens (tertiary/aromatic N) is 1. The highest BCUT2D eigenvalue weighted by atomic mass is 16.6. The molecule has 0 heterocycles. The maximum absolute atomic E-state index is 14.1. The summed E-state index contributed by atoms with van der Waals surface area (Å²) in [6, 6.07) is 5.47. The van der Waals surface area contributed by atoms with Crippen LogP contribution in [0.1, 0.15) is 123 Å². The number of aryl methyl sites for hydroxylation is 1. The van der Waals surface area contributed by atoms with E-state index in [1.54, 1.807) is 20.8 Å². The fraction of sp³-hybridized carbons (Fsp3) is 0.688. The maximum Gasteiger partial charge on any atom is 0.408 e. The van der Waals surface area contributed by atoms with E-state index in [0.29, 0.717) is 25.1 Å². The molecule has 0 saturated heterocycles. The topological polar surface area (TPSA) is 131 Å². The first-order valence-electron chi connectivity index (χ1n) is 15.4. The van der Waals surface area contributed by atoms with E-state index < -0.39 is 42.0 Å². The lowest BCUT2D eigenvalue weighted by atomic mass is 9.99. The van der Waals surface area contributed by atoms with Crippen LogP contribution in [0.5, 0.6) is 0 Å². The summed E-state index contributed by atoms with van der Waals surface area (Å²) >= 11 is 0. The van der Waals surface area contributed by atoms with Gasteiger partial charge in [-0.25, -0.2) is 4.79 Å². The van der Waals surface area contributed by atoms with Crippen LogP contribution in [0.4, 0.5) is 4.79 Å². The van der Waals surface area contributed by atoms with Crippen LogP contribution in [0.2, 0.25) is 0 Å². The lowest BCUT2D eigenvalue weighted by Gasteiger charge is -2.34. The molecule has 1 aromatic rings. The van der Waals surface area contributed by atoms with Gasteiger partial charge in [0.1, 0.15) is 17.7 Å². The van der Waals surface area contributed by atoms with Crippen molar-refractivity contribution in [2.24, 2.45) is 5.73 Å². The van der Waals surface area contributed by atoms with Crippen LogP contribution in [-0.2, 0) is 25.5 Å². The van der Waals surface area contributed by atoms with Crippen LogP contribution < -0.4 is 16.4 Å². The van der Waals surface area contributed by atoms with Crippen molar-refractivity contribution in [1.82, 2.24) is 15.5 Å². The molecule has 9 heteroatoms. The molecule has 0 fully saturated rings. The fourth-order valence-corrected chi connectivity index (χ4v) is 4.57. The number of alkyl carbamates (subject to hydrolysis) is 1. The van der Waals surface area contributed by atoms with Crippen LogP contribution in [0, 0.1) is 0 Å². The molecule has 4 amide bonds. The third kappa shape index (κ3) is 14.4. The van der Waals surface area contributed by atoms with Crippen LogP contribution in [0.15, 0.2) is 24.3 Å². The Balaban J connectivity index is 3.43. The van der Waals surface area contributed by atoms with Crippen molar-refractivity contribution in [2.75, 3.05) is 13.1 Å². The van der Waals surface area contributed by atoms with Gasteiger partial charge in [0.25, 0.3) is 0 Å². The molecule has 0 saturated carbocycles. The number of primary amides is 1. The lowest BCUT2D eigenvalue weighted by Crippen LogP contribution is -2.54. The molecule has 1 aromatic carbocycles. The van der Waals surface area contributed by atoms with Gasteiger partial charge in [-0.3, -0.25) is 14.4 Å². The molecule has 2 atom stereocenters. The minimum absolute atomic E-state index is 0.290. The standard InChI is InChI=1S/C32H54N4O5/c1-7-10-12-13-14-16-22-36(30(39)26(23-27(33)37)35-31(40)41-32(4,5)6)28(29(38)34-21-15-11-8-2)25-19-17-24(9-3)18-20-25/h17-20,26,28H,7-16,21-23H2,1-6H3,(H2,33,37)(H,34,38)(H,35,40). The van der Waals surface area contributed by atoms with Gasteiger partial charge in [-0.1, -0.05) is 90.0 Å². The van der Waals surface area contributed by atoms with Gasteiger partial charge in [0.15, 0.2) is 0 Å². The number of amides is 4. The second-order valence-corrected chi connectivity index (χ2v) is 11.7. The molecule has 2 unspecified atom stereocenters. The van der Waals surface area contributed by atoms with Crippen LogP contribution in [0.25, 0.3) is 0 Å². The average Bonchev–Trinajstić information content (AvgIpc) is 2.90. The Labute approximate surface area is 247 Å². The Morgan fingerprint density at radius 1 is 0.878 bits per heavy atom. The summed E-state index contributed by atoms with van der Waals surface area (Å²) in [6.07, 6.45) is 8.41. The summed E-state index contributed by atoms with van der Waals surface area (Å²) in [4.78, 5) is 54.0. The molecule has 41 heavy (non-hydrogen) atoms. The Morgan fingerprint density at radius 3 is 2.02 bits per heavy atom. The van der Waals surface area contributed by atoms with Gasteiger partial charge in [0.2, 0.25) is 17.7 Å². The number of hydrogen-bond acceptors (Lipinski definition) is 5. The molecule has 1 rings (SSSR count). The summed E-state index contributed by atoms with van der Waals surface area (Å²) in [6.45, 7) is 12.2. The van der Waals surface area contributed by atoms with Crippen LogP contribution >= 0.6 is 0 Å². The number of carbonyl (C=O) groups excluding carboxylic acids is 4. The predicted molar refractivity (Wildman–Crippen MR) is 163 cm³/mol. The second kappa shape index (κ2) is 19.1. The fourth-order valence-electron chi connectivity index (χ4n) is 4.57. The zero-order valence-electron chi connectivity index (χ0n) is 26.2. The molecular weight excluding hydrogens is 520 g/mol. The van der Waals surface area contributed by atoms with Crippen molar-refractivity contribution < 1.29 is 23.9 Å². The Morgan fingerprint density at radius 2 is 1.46 bits per heavy atom. The molecule has 0 bridgehead atoms. The van der Waals surface area contributed by atoms with Gasteiger partial charge in [-0.2, -0.15) is 0 Å². The highest BCUT2D eigenvalue weighted by Crippen LogP contribution is 2.25. The van der Waals surface area contributed by atoms with Crippen LogP contribution in [-0.4, -0.2) is 53.4 Å². The minimum Gasteiger partial charge on any atom is -0.444 e. The zero-order chi connectivity index (χ0) is 30.8. The second-order valence-electron chi connectivity index (χ2n) is 11.7. The van der Waals surface area contributed by atoms with E-state index in [1.165, 1.54) is 4.90 Å². The number of unbranched alkanes of at least 4 members (excludes halogenated alkanes) is 7. The predicted octanol–water partition coefficient (Wildman–Crippen LogP) is 5.55. The van der Waals surface area contributed by atoms with Crippen molar-refractivity contribution in [3.05, 3.63) is 35.4 Å². The van der Waals surface area contributed by atoms with E-state index in [0.717, 1.165) is 63.4 Å². The molecule has 0 aliphatic rings. The van der Waals surface area contributed by atoms with Crippen molar-refractivity contribution in [3.63, 3.8) is 0 Å². The van der Waals surface area contributed by atoms with Gasteiger partial charge in [0, 0.05) is 13.1 Å². The van der Waals surface area contributed by atoms with Crippen molar-refractivity contribution in [3.8, 4) is 0 Å². The van der Waals surface area contributed by atoms with Gasteiger partial charge in [-0.05, 0) is 51.2 Å². The summed E-state index contributed by atoms with van der Waals surface area (Å²) in [5, 5.41) is 5.56.